The van der Waals surface area contributed by atoms with E-state index in [0.29, 0.717) is 13.2 Å². The molecule has 0 saturated carbocycles. The maximum Gasteiger partial charge on any atom is 0.245 e. The third kappa shape index (κ3) is 8.28. The first kappa shape index (κ1) is 39.1. The minimum absolute atomic E-state index is 0.0167. The number of aromatic nitrogens is 2. The van der Waals surface area contributed by atoms with Gasteiger partial charge in [0.2, 0.25) is 11.8 Å². The number of likely N-dealkylation sites (N-methyl/N-ethyl adjacent to an activating group) is 2. The van der Waals surface area contributed by atoms with Crippen molar-refractivity contribution in [1.82, 2.24) is 34.9 Å². The number of carbonyl (C=O) groups is 2. The van der Waals surface area contributed by atoms with Gasteiger partial charge in [0.25, 0.3) is 0 Å². The second kappa shape index (κ2) is 17.4. The summed E-state index contributed by atoms with van der Waals surface area (Å²) >= 11 is 0. The van der Waals surface area contributed by atoms with Crippen LogP contribution in [0.15, 0.2) is 120 Å². The Balaban J connectivity index is 0.859. The van der Waals surface area contributed by atoms with Crippen molar-refractivity contribution in [1.29, 1.82) is 0 Å². The number of hydrogen-bond donors (Lipinski definition) is 2. The van der Waals surface area contributed by atoms with E-state index in [2.05, 4.69) is 46.7 Å². The maximum atomic E-state index is 13.9. The van der Waals surface area contributed by atoms with Crippen LogP contribution in [0.25, 0.3) is 11.3 Å². The normalized spacial score (nSPS) is 20.3. The number of nitrogens with zero attached hydrogens (tertiary/aromatic N) is 6. The third-order valence-electron chi connectivity index (χ3n) is 11.7. The molecule has 3 aliphatic rings. The molecule has 11 heteroatoms. The van der Waals surface area contributed by atoms with E-state index < -0.39 is 0 Å². The number of nitrogens with one attached hydrogen (secondary N) is 2. The van der Waals surface area contributed by atoms with Crippen molar-refractivity contribution in [2.45, 2.75) is 62.5 Å². The maximum absolute atomic E-state index is 13.9. The Labute approximate surface area is 341 Å². The molecule has 5 atom stereocenters. The molecule has 4 aromatic carbocycles. The molecule has 3 aliphatic heterocycles. The minimum atomic E-state index is -0.342. The third-order valence-corrected chi connectivity index (χ3v) is 11.7. The van der Waals surface area contributed by atoms with Crippen LogP contribution in [0.4, 0.5) is 0 Å². The molecule has 0 aliphatic carbocycles. The highest BCUT2D eigenvalue weighted by Crippen LogP contribution is 2.35. The van der Waals surface area contributed by atoms with E-state index in [9.17, 15) is 9.59 Å². The average molecular weight is 779 g/mol. The van der Waals surface area contributed by atoms with Crippen molar-refractivity contribution in [3.8, 4) is 17.0 Å². The second-order valence-electron chi connectivity index (χ2n) is 16.1. The molecule has 2 N–H and O–H groups in total. The Morgan fingerprint density at radius 2 is 1.31 bits per heavy atom. The van der Waals surface area contributed by atoms with E-state index in [1.807, 2.05) is 127 Å². The summed E-state index contributed by atoms with van der Waals surface area (Å²) in [6, 6.07) is 35.7. The lowest BCUT2D eigenvalue weighted by molar-refractivity contribution is -0.137. The van der Waals surface area contributed by atoms with Gasteiger partial charge < -0.3 is 24.8 Å². The Morgan fingerprint density at radius 3 is 1.90 bits per heavy atom. The standard InChI is InChI=1S/C47H54N8O3/c1-52(2)42(35-13-7-5-8-14-35)46(56)54-27-11-17-40(54)44-48-29-38(50-44)33-21-19-32(20-22-33)31-58-37-25-23-34(24-26-37)39-30-49-45(51-39)41-18-12-28-55(41)47(57)43(53(3)4)36-15-9-6-10-16-36/h5-10,13-16,19-26,29,39-43H,11-12,17-18,27-28,30-31H2,1-4H3,(H,48,50)(H,49,51)/t39?,40-,41-,42+,43+/m0/s1. The summed E-state index contributed by atoms with van der Waals surface area (Å²) in [5.74, 6) is 2.75. The number of hydrogen-bond acceptors (Lipinski definition) is 8. The summed E-state index contributed by atoms with van der Waals surface area (Å²) in [4.78, 5) is 49.2. The van der Waals surface area contributed by atoms with Gasteiger partial charge in [0.05, 0.1) is 23.8 Å². The van der Waals surface area contributed by atoms with E-state index in [0.717, 1.165) is 89.7 Å². The van der Waals surface area contributed by atoms with Crippen molar-refractivity contribution in [3.05, 3.63) is 143 Å². The first-order valence-corrected chi connectivity index (χ1v) is 20.5. The lowest BCUT2D eigenvalue weighted by Crippen LogP contribution is -2.48. The molecule has 11 nitrogen and oxygen atoms in total. The fourth-order valence-corrected chi connectivity index (χ4v) is 8.77. The van der Waals surface area contributed by atoms with E-state index in [1.54, 1.807) is 0 Å². The van der Waals surface area contributed by atoms with Crippen LogP contribution in [-0.4, -0.2) is 101 Å². The number of rotatable bonds is 13. The number of ether oxygens (including phenoxy) is 1. The quantitative estimate of drug-likeness (QED) is 0.133. The number of amides is 2. The van der Waals surface area contributed by atoms with Crippen LogP contribution in [-0.2, 0) is 16.2 Å². The summed E-state index contributed by atoms with van der Waals surface area (Å²) in [6.45, 7) is 2.60. The van der Waals surface area contributed by atoms with Gasteiger partial charge in [-0.1, -0.05) is 97.1 Å². The van der Waals surface area contributed by atoms with Crippen molar-refractivity contribution < 1.29 is 14.3 Å². The largest absolute Gasteiger partial charge is 0.489 e. The van der Waals surface area contributed by atoms with Gasteiger partial charge in [-0.15, -0.1) is 0 Å². The lowest BCUT2D eigenvalue weighted by Gasteiger charge is -2.32. The number of aromatic amines is 1. The van der Waals surface area contributed by atoms with Crippen molar-refractivity contribution in [3.63, 3.8) is 0 Å². The molecule has 2 saturated heterocycles. The highest BCUT2D eigenvalue weighted by Gasteiger charge is 2.39. The van der Waals surface area contributed by atoms with Gasteiger partial charge in [-0.25, -0.2) is 4.98 Å². The van der Waals surface area contributed by atoms with Gasteiger partial charge in [-0.2, -0.15) is 0 Å². The van der Waals surface area contributed by atoms with Crippen LogP contribution in [0.5, 0.6) is 5.75 Å². The number of H-pyrrole nitrogens is 1. The monoisotopic (exact) mass is 778 g/mol. The second-order valence-corrected chi connectivity index (χ2v) is 16.1. The number of aliphatic imine (C=N–C) groups is 1. The van der Waals surface area contributed by atoms with E-state index >= 15 is 0 Å². The van der Waals surface area contributed by atoms with Crippen LogP contribution in [0.3, 0.4) is 0 Å². The lowest BCUT2D eigenvalue weighted by atomic mass is 10.0. The summed E-state index contributed by atoms with van der Waals surface area (Å²) in [5.41, 5.74) is 6.03. The summed E-state index contributed by atoms with van der Waals surface area (Å²) in [6.07, 6.45) is 5.63. The molecular formula is C47H54N8O3. The zero-order valence-electron chi connectivity index (χ0n) is 33.9. The smallest absolute Gasteiger partial charge is 0.245 e. The fourth-order valence-electron chi connectivity index (χ4n) is 8.77. The number of benzene rings is 4. The molecule has 5 aromatic rings. The van der Waals surface area contributed by atoms with Gasteiger partial charge in [-0.05, 0) is 88.3 Å². The van der Waals surface area contributed by atoms with E-state index in [1.165, 1.54) is 0 Å². The predicted molar refractivity (Wildman–Crippen MR) is 227 cm³/mol. The molecule has 8 rings (SSSR count). The zero-order valence-corrected chi connectivity index (χ0v) is 33.9. The summed E-state index contributed by atoms with van der Waals surface area (Å²) < 4.78 is 6.19. The van der Waals surface area contributed by atoms with Gasteiger partial charge >= 0.3 is 0 Å². The van der Waals surface area contributed by atoms with Gasteiger partial charge in [0.15, 0.2) is 0 Å². The van der Waals surface area contributed by atoms with E-state index in [-0.39, 0.29) is 42.0 Å². The Bertz CT molecular complexity index is 2190. The molecule has 58 heavy (non-hydrogen) atoms. The number of amidine groups is 1. The molecule has 0 spiro atoms. The van der Waals surface area contributed by atoms with Gasteiger partial charge in [0.1, 0.15) is 36.1 Å². The predicted octanol–water partition coefficient (Wildman–Crippen LogP) is 6.96. The van der Waals surface area contributed by atoms with Gasteiger partial charge in [0, 0.05) is 31.4 Å². The molecule has 1 aromatic heterocycles. The average Bonchev–Trinajstić information content (AvgIpc) is 4.08. The summed E-state index contributed by atoms with van der Waals surface area (Å²) in [7, 11) is 7.85. The molecule has 0 bridgehead atoms. The SMILES string of the molecule is CN(C)[C@@H](C(=O)N1CCC[C@H]1C1=NC(c2ccc(OCc3ccc(-c4c[nH]c([C@@H]5CCCN5C(=O)[C@@H](c5ccccc5)N(C)C)n4)cc3)cc2)CN1)c1ccccc1. The molecule has 0 radical (unpaired) electrons. The van der Waals surface area contributed by atoms with Crippen LogP contribution in [0.2, 0.25) is 0 Å². The molecule has 4 heterocycles. The van der Waals surface area contributed by atoms with Gasteiger partial charge in [-0.3, -0.25) is 24.4 Å². The highest BCUT2D eigenvalue weighted by molar-refractivity contribution is 5.94. The van der Waals surface area contributed by atoms with Crippen LogP contribution < -0.4 is 10.1 Å². The van der Waals surface area contributed by atoms with Crippen molar-refractivity contribution in [2.24, 2.45) is 4.99 Å². The number of imidazole rings is 1. The topological polar surface area (TPSA) is 109 Å². The fraction of sp³-hybridized carbons (Fsp3) is 0.362. The zero-order chi connectivity index (χ0) is 40.2. The number of likely N-dealkylation sites (tertiary alicyclic amines) is 2. The van der Waals surface area contributed by atoms with Crippen LogP contribution in [0, 0.1) is 0 Å². The number of carbonyl (C=O) groups excluding carboxylic acids is 2. The molecular weight excluding hydrogens is 725 g/mol. The Kier molecular flexibility index (Phi) is 11.7. The minimum Gasteiger partial charge on any atom is -0.489 e. The molecule has 300 valence electrons. The summed E-state index contributed by atoms with van der Waals surface area (Å²) in [5, 5.41) is 3.54. The molecule has 2 amide bonds. The van der Waals surface area contributed by atoms with Crippen molar-refractivity contribution >= 4 is 17.6 Å². The van der Waals surface area contributed by atoms with Crippen LogP contribution >= 0.6 is 0 Å². The van der Waals surface area contributed by atoms with E-state index in [4.69, 9.17) is 14.7 Å². The van der Waals surface area contributed by atoms with Crippen molar-refractivity contribution in [2.75, 3.05) is 47.8 Å². The first-order chi connectivity index (χ1) is 28.2. The Morgan fingerprint density at radius 1 is 0.741 bits per heavy atom. The van der Waals surface area contributed by atoms with Crippen LogP contribution in [0.1, 0.15) is 77.9 Å². The first-order valence-electron chi connectivity index (χ1n) is 20.5. The molecule has 2 fully saturated rings. The highest BCUT2D eigenvalue weighted by atomic mass is 16.5. The Hall–Kier alpha value is -5.78. The molecule has 1 unspecified atom stereocenters.